The van der Waals surface area contributed by atoms with Crippen molar-refractivity contribution in [1.29, 1.82) is 0 Å². The Kier molecular flexibility index (Phi) is 9.93. The molecular weight excluding hydrogens is 413 g/mol. The third-order valence-electron chi connectivity index (χ3n) is 4.31. The number of nitrogens with zero attached hydrogens (tertiary/aromatic N) is 2. The van der Waals surface area contributed by atoms with Crippen LogP contribution in [0.4, 0.5) is 0 Å². The zero-order chi connectivity index (χ0) is 16.9. The zero-order valence-corrected chi connectivity index (χ0v) is 17.5. The van der Waals surface area contributed by atoms with Crippen LogP contribution in [0.5, 0.6) is 0 Å². The fraction of sp³-hybridized carbons (Fsp3) is 0.389. The van der Waals surface area contributed by atoms with Gasteiger partial charge in [-0.25, -0.2) is 0 Å². The number of hydrogen-bond acceptors (Lipinski definition) is 4. The molecule has 1 atom stereocenters. The molecule has 0 bridgehead atoms. The average Bonchev–Trinajstić information content (AvgIpc) is 3.00. The first-order valence-corrected chi connectivity index (χ1v) is 9.36. The summed E-state index contributed by atoms with van der Waals surface area (Å²) in [6, 6.07) is 13.5. The molecule has 1 aliphatic rings. The molecule has 1 saturated heterocycles. The zero-order valence-electron chi connectivity index (χ0n) is 14.3. The van der Waals surface area contributed by atoms with Crippen LogP contribution >= 0.6 is 47.8 Å². The van der Waals surface area contributed by atoms with Crippen LogP contribution < -0.4 is 5.73 Å². The monoisotopic (exact) mass is 435 g/mol. The number of piperazine rings is 1. The molecule has 4 nitrogen and oxygen atoms in total. The predicted molar refractivity (Wildman–Crippen MR) is 114 cm³/mol. The number of amides is 1. The Morgan fingerprint density at radius 1 is 1.08 bits per heavy atom. The number of carbonyl (C=O) groups is 1. The van der Waals surface area contributed by atoms with Crippen molar-refractivity contribution < 1.29 is 4.79 Å². The maximum atomic E-state index is 12.5. The van der Waals surface area contributed by atoms with Crippen molar-refractivity contribution in [2.45, 2.75) is 19.0 Å². The first-order chi connectivity index (χ1) is 11.6. The SMILES string of the molecule is Cl.Cl.NC(Cc1ccccc1)C(=O)N1CCN(Cc2ccc(Cl)s2)CC1. The van der Waals surface area contributed by atoms with E-state index in [1.54, 1.807) is 11.3 Å². The molecule has 1 amide bonds. The van der Waals surface area contributed by atoms with Gasteiger partial charge in [-0.1, -0.05) is 41.9 Å². The Bertz CT molecular complexity index is 675. The first kappa shape index (κ1) is 23.2. The number of nitrogens with two attached hydrogens (primary N) is 1. The summed E-state index contributed by atoms with van der Waals surface area (Å²) in [5.74, 6) is 0.0534. The van der Waals surface area contributed by atoms with Crippen molar-refractivity contribution in [2.75, 3.05) is 26.2 Å². The van der Waals surface area contributed by atoms with E-state index in [1.807, 2.05) is 41.3 Å². The van der Waals surface area contributed by atoms with Gasteiger partial charge in [-0.15, -0.1) is 36.2 Å². The number of thiophene rings is 1. The van der Waals surface area contributed by atoms with Crippen LogP contribution in [-0.2, 0) is 17.8 Å². The fourth-order valence-corrected chi connectivity index (χ4v) is 4.10. The smallest absolute Gasteiger partial charge is 0.239 e. The lowest BCUT2D eigenvalue weighted by Gasteiger charge is -2.35. The van der Waals surface area contributed by atoms with E-state index in [4.69, 9.17) is 17.3 Å². The molecule has 2 heterocycles. The molecule has 1 fully saturated rings. The van der Waals surface area contributed by atoms with Gasteiger partial charge in [0.05, 0.1) is 10.4 Å². The number of halogens is 3. The maximum absolute atomic E-state index is 12.5. The van der Waals surface area contributed by atoms with E-state index >= 15 is 0 Å². The van der Waals surface area contributed by atoms with Crippen molar-refractivity contribution in [1.82, 2.24) is 9.80 Å². The topological polar surface area (TPSA) is 49.6 Å². The number of hydrogen-bond donors (Lipinski definition) is 1. The van der Waals surface area contributed by atoms with Gasteiger partial charge < -0.3 is 10.6 Å². The summed E-state index contributed by atoms with van der Waals surface area (Å²) >= 11 is 7.60. The van der Waals surface area contributed by atoms with Crippen LogP contribution in [0.3, 0.4) is 0 Å². The maximum Gasteiger partial charge on any atom is 0.239 e. The summed E-state index contributed by atoms with van der Waals surface area (Å²) in [6.07, 6.45) is 0.591. The fourth-order valence-electron chi connectivity index (χ4n) is 2.97. The quantitative estimate of drug-likeness (QED) is 0.781. The van der Waals surface area contributed by atoms with Crippen molar-refractivity contribution in [3.63, 3.8) is 0 Å². The Morgan fingerprint density at radius 2 is 1.73 bits per heavy atom. The minimum absolute atomic E-state index is 0. The largest absolute Gasteiger partial charge is 0.339 e. The average molecular weight is 437 g/mol. The Hall–Kier alpha value is -0.820. The highest BCUT2D eigenvalue weighted by atomic mass is 35.5. The molecule has 2 N–H and O–H groups in total. The summed E-state index contributed by atoms with van der Waals surface area (Å²) in [6.45, 7) is 4.12. The second-order valence-corrected chi connectivity index (χ2v) is 7.90. The van der Waals surface area contributed by atoms with Crippen molar-refractivity contribution in [3.8, 4) is 0 Å². The van der Waals surface area contributed by atoms with Crippen LogP contribution in [0, 0.1) is 0 Å². The van der Waals surface area contributed by atoms with Gasteiger partial charge in [0, 0.05) is 37.6 Å². The van der Waals surface area contributed by atoms with Crippen LogP contribution in [0.1, 0.15) is 10.4 Å². The normalized spacial score (nSPS) is 15.7. The molecular formula is C18H24Cl3N3OS. The van der Waals surface area contributed by atoms with E-state index < -0.39 is 6.04 Å². The second kappa shape index (κ2) is 11.1. The summed E-state index contributed by atoms with van der Waals surface area (Å²) in [5, 5.41) is 0. The molecule has 0 radical (unpaired) electrons. The highest BCUT2D eigenvalue weighted by Crippen LogP contribution is 2.23. The van der Waals surface area contributed by atoms with Crippen LogP contribution in [-0.4, -0.2) is 47.9 Å². The first-order valence-electron chi connectivity index (χ1n) is 8.16. The molecule has 8 heteroatoms. The van der Waals surface area contributed by atoms with E-state index in [-0.39, 0.29) is 30.7 Å². The third-order valence-corrected chi connectivity index (χ3v) is 5.52. The van der Waals surface area contributed by atoms with Crippen LogP contribution in [0.15, 0.2) is 42.5 Å². The Balaban J connectivity index is 0.00000169. The number of benzene rings is 1. The summed E-state index contributed by atoms with van der Waals surface area (Å²) in [4.78, 5) is 18.1. The van der Waals surface area contributed by atoms with Crippen LogP contribution in [0.2, 0.25) is 4.34 Å². The lowest BCUT2D eigenvalue weighted by Crippen LogP contribution is -2.53. The highest BCUT2D eigenvalue weighted by molar-refractivity contribution is 7.16. The molecule has 1 aliphatic heterocycles. The van der Waals surface area contributed by atoms with Crippen molar-refractivity contribution >= 4 is 53.7 Å². The third kappa shape index (κ3) is 6.41. The Labute approximate surface area is 176 Å². The molecule has 144 valence electrons. The molecule has 0 spiro atoms. The van der Waals surface area contributed by atoms with E-state index in [0.29, 0.717) is 6.42 Å². The van der Waals surface area contributed by atoms with E-state index in [0.717, 1.165) is 42.6 Å². The van der Waals surface area contributed by atoms with Gasteiger partial charge in [0.15, 0.2) is 0 Å². The predicted octanol–water partition coefficient (Wildman–Crippen LogP) is 3.46. The minimum Gasteiger partial charge on any atom is -0.339 e. The lowest BCUT2D eigenvalue weighted by atomic mass is 10.1. The van der Waals surface area contributed by atoms with Gasteiger partial charge in [-0.3, -0.25) is 9.69 Å². The van der Waals surface area contributed by atoms with Gasteiger partial charge in [-0.2, -0.15) is 0 Å². The van der Waals surface area contributed by atoms with Crippen molar-refractivity contribution in [2.24, 2.45) is 5.73 Å². The van der Waals surface area contributed by atoms with Gasteiger partial charge in [0.2, 0.25) is 5.91 Å². The second-order valence-electron chi connectivity index (χ2n) is 6.10. The van der Waals surface area contributed by atoms with Gasteiger partial charge in [0.25, 0.3) is 0 Å². The number of rotatable bonds is 5. The van der Waals surface area contributed by atoms with Gasteiger partial charge in [-0.05, 0) is 24.1 Å². The molecule has 0 saturated carbocycles. The lowest BCUT2D eigenvalue weighted by molar-refractivity contribution is -0.134. The van der Waals surface area contributed by atoms with Crippen LogP contribution in [0.25, 0.3) is 0 Å². The van der Waals surface area contributed by atoms with E-state index in [2.05, 4.69) is 11.0 Å². The molecule has 3 rings (SSSR count). The molecule has 1 unspecified atom stereocenters. The standard InChI is InChI=1S/C18H22ClN3OS.2ClH/c19-17-7-6-15(24-17)13-21-8-10-22(11-9-21)18(23)16(20)12-14-4-2-1-3-5-14;;/h1-7,16H,8-13,20H2;2*1H. The summed E-state index contributed by atoms with van der Waals surface area (Å²) < 4.78 is 0.825. The summed E-state index contributed by atoms with van der Waals surface area (Å²) in [5.41, 5.74) is 7.23. The van der Waals surface area contributed by atoms with Crippen molar-refractivity contribution in [3.05, 3.63) is 57.2 Å². The molecule has 26 heavy (non-hydrogen) atoms. The molecule has 2 aromatic rings. The molecule has 1 aromatic heterocycles. The van der Waals surface area contributed by atoms with E-state index in [1.165, 1.54) is 4.88 Å². The molecule has 1 aromatic carbocycles. The highest BCUT2D eigenvalue weighted by Gasteiger charge is 2.25. The number of carbonyl (C=O) groups excluding carboxylic acids is 1. The Morgan fingerprint density at radius 3 is 2.31 bits per heavy atom. The molecule has 0 aliphatic carbocycles. The van der Waals surface area contributed by atoms with Gasteiger partial charge in [0.1, 0.15) is 0 Å². The van der Waals surface area contributed by atoms with Gasteiger partial charge >= 0.3 is 0 Å². The van der Waals surface area contributed by atoms with E-state index in [9.17, 15) is 4.79 Å². The minimum atomic E-state index is -0.463. The summed E-state index contributed by atoms with van der Waals surface area (Å²) in [7, 11) is 0.